The zero-order valence-corrected chi connectivity index (χ0v) is 10.4. The second-order valence-electron chi connectivity index (χ2n) is 4.61. The molecule has 1 aromatic carbocycles. The van der Waals surface area contributed by atoms with E-state index in [4.69, 9.17) is 5.73 Å². The van der Waals surface area contributed by atoms with Crippen molar-refractivity contribution in [3.63, 3.8) is 0 Å². The van der Waals surface area contributed by atoms with Crippen molar-refractivity contribution in [3.05, 3.63) is 35.4 Å². The van der Waals surface area contributed by atoms with E-state index in [-0.39, 0.29) is 5.91 Å². The van der Waals surface area contributed by atoms with Gasteiger partial charge in [0.05, 0.1) is 0 Å². The van der Waals surface area contributed by atoms with Gasteiger partial charge in [-0.15, -0.1) is 0 Å². The smallest absolute Gasteiger partial charge is 0.248 e. The summed E-state index contributed by atoms with van der Waals surface area (Å²) in [6, 6.07) is 7.32. The van der Waals surface area contributed by atoms with Gasteiger partial charge in [0.2, 0.25) is 11.8 Å². The zero-order chi connectivity index (χ0) is 13.0. The minimum absolute atomic E-state index is 0.220. The lowest BCUT2D eigenvalue weighted by Gasteiger charge is -2.26. The van der Waals surface area contributed by atoms with Crippen LogP contribution in [0.1, 0.15) is 35.2 Å². The Kier molecular flexibility index (Phi) is 3.97. The summed E-state index contributed by atoms with van der Waals surface area (Å²) in [5, 5.41) is 0. The number of rotatable bonds is 4. The molecule has 1 saturated heterocycles. The molecule has 4 nitrogen and oxygen atoms in total. The van der Waals surface area contributed by atoms with Crippen LogP contribution in [0.3, 0.4) is 0 Å². The first-order valence-electron chi connectivity index (χ1n) is 6.34. The van der Waals surface area contributed by atoms with Crippen LogP contribution in [-0.4, -0.2) is 29.8 Å². The highest BCUT2D eigenvalue weighted by Gasteiger charge is 2.18. The number of nitrogens with zero attached hydrogens (tertiary/aromatic N) is 1. The van der Waals surface area contributed by atoms with Crippen molar-refractivity contribution >= 4 is 11.8 Å². The molecule has 0 atom stereocenters. The van der Waals surface area contributed by atoms with Crippen LogP contribution in [0.15, 0.2) is 24.3 Å². The van der Waals surface area contributed by atoms with Gasteiger partial charge in [-0.1, -0.05) is 18.2 Å². The first-order valence-corrected chi connectivity index (χ1v) is 6.34. The number of benzene rings is 1. The molecule has 18 heavy (non-hydrogen) atoms. The Balaban J connectivity index is 2.01. The lowest BCUT2D eigenvalue weighted by Crippen LogP contribution is -2.36. The molecule has 0 spiro atoms. The Hall–Kier alpha value is -1.84. The van der Waals surface area contributed by atoms with E-state index in [1.54, 1.807) is 12.1 Å². The molecular weight excluding hydrogens is 228 g/mol. The van der Waals surface area contributed by atoms with Gasteiger partial charge < -0.3 is 10.6 Å². The summed E-state index contributed by atoms with van der Waals surface area (Å²) in [4.78, 5) is 24.8. The van der Waals surface area contributed by atoms with Gasteiger partial charge in [-0.2, -0.15) is 0 Å². The standard InChI is InChI=1S/C14H18N2O2/c15-14(18)12-6-2-1-5-11(12)8-10-16-9-4-3-7-13(16)17/h1-2,5-6H,3-4,7-10H2,(H2,15,18). The molecule has 0 unspecified atom stereocenters. The van der Waals surface area contributed by atoms with E-state index in [9.17, 15) is 9.59 Å². The van der Waals surface area contributed by atoms with Crippen LogP contribution in [0.4, 0.5) is 0 Å². The van der Waals surface area contributed by atoms with Crippen LogP contribution in [0.5, 0.6) is 0 Å². The molecular formula is C14H18N2O2. The average molecular weight is 246 g/mol. The number of nitrogens with two attached hydrogens (primary N) is 1. The maximum absolute atomic E-state index is 11.7. The number of hydrogen-bond acceptors (Lipinski definition) is 2. The number of hydrogen-bond donors (Lipinski definition) is 1. The molecule has 1 heterocycles. The van der Waals surface area contributed by atoms with Gasteiger partial charge in [0.15, 0.2) is 0 Å². The van der Waals surface area contributed by atoms with Gasteiger partial charge in [0.1, 0.15) is 0 Å². The Morgan fingerprint density at radius 2 is 2.06 bits per heavy atom. The maximum atomic E-state index is 11.7. The van der Waals surface area contributed by atoms with Gasteiger partial charge in [0, 0.05) is 25.1 Å². The predicted octanol–water partition coefficient (Wildman–Crippen LogP) is 1.34. The fraction of sp³-hybridized carbons (Fsp3) is 0.429. The molecule has 0 aliphatic carbocycles. The Bertz CT molecular complexity index is 457. The highest BCUT2D eigenvalue weighted by Crippen LogP contribution is 2.13. The second-order valence-corrected chi connectivity index (χ2v) is 4.61. The molecule has 2 rings (SSSR count). The van der Waals surface area contributed by atoms with Crippen molar-refractivity contribution in [1.29, 1.82) is 0 Å². The van der Waals surface area contributed by atoms with E-state index in [1.165, 1.54) is 0 Å². The number of likely N-dealkylation sites (tertiary alicyclic amines) is 1. The number of primary amides is 1. The molecule has 1 aliphatic rings. The topological polar surface area (TPSA) is 63.4 Å². The average Bonchev–Trinajstić information content (AvgIpc) is 2.38. The van der Waals surface area contributed by atoms with Crippen molar-refractivity contribution in [2.24, 2.45) is 5.73 Å². The van der Waals surface area contributed by atoms with Crippen LogP contribution in [0.2, 0.25) is 0 Å². The molecule has 0 aromatic heterocycles. The molecule has 1 fully saturated rings. The zero-order valence-electron chi connectivity index (χ0n) is 10.4. The fourth-order valence-electron chi connectivity index (χ4n) is 2.33. The third-order valence-corrected chi connectivity index (χ3v) is 3.36. The van der Waals surface area contributed by atoms with E-state index in [0.29, 0.717) is 24.9 Å². The van der Waals surface area contributed by atoms with E-state index in [1.807, 2.05) is 17.0 Å². The molecule has 1 aromatic rings. The summed E-state index contributed by atoms with van der Waals surface area (Å²) < 4.78 is 0. The van der Waals surface area contributed by atoms with E-state index in [0.717, 1.165) is 24.9 Å². The highest BCUT2D eigenvalue weighted by atomic mass is 16.2. The number of piperidine rings is 1. The van der Waals surface area contributed by atoms with E-state index < -0.39 is 5.91 Å². The van der Waals surface area contributed by atoms with Gasteiger partial charge in [-0.25, -0.2) is 0 Å². The van der Waals surface area contributed by atoms with Gasteiger partial charge in [-0.05, 0) is 30.9 Å². The summed E-state index contributed by atoms with van der Waals surface area (Å²) in [6.07, 6.45) is 3.40. The van der Waals surface area contributed by atoms with Crippen molar-refractivity contribution in [3.8, 4) is 0 Å². The number of carbonyl (C=O) groups excluding carboxylic acids is 2. The summed E-state index contributed by atoms with van der Waals surface area (Å²) in [6.45, 7) is 1.50. The molecule has 1 aliphatic heterocycles. The quantitative estimate of drug-likeness (QED) is 0.871. The molecule has 2 amide bonds. The van der Waals surface area contributed by atoms with Gasteiger partial charge in [-0.3, -0.25) is 9.59 Å². The van der Waals surface area contributed by atoms with Crippen molar-refractivity contribution in [2.45, 2.75) is 25.7 Å². The van der Waals surface area contributed by atoms with Crippen LogP contribution in [-0.2, 0) is 11.2 Å². The fourth-order valence-corrected chi connectivity index (χ4v) is 2.33. The third kappa shape index (κ3) is 2.88. The summed E-state index contributed by atoms with van der Waals surface area (Å²) in [7, 11) is 0. The Morgan fingerprint density at radius 3 is 2.78 bits per heavy atom. The van der Waals surface area contributed by atoms with Crippen molar-refractivity contribution in [1.82, 2.24) is 4.90 Å². The molecule has 0 bridgehead atoms. The predicted molar refractivity (Wildman–Crippen MR) is 69.1 cm³/mol. The van der Waals surface area contributed by atoms with Crippen molar-refractivity contribution in [2.75, 3.05) is 13.1 Å². The Labute approximate surface area is 107 Å². The molecule has 2 N–H and O–H groups in total. The normalized spacial score (nSPS) is 15.8. The summed E-state index contributed by atoms with van der Waals surface area (Å²) >= 11 is 0. The van der Waals surface area contributed by atoms with E-state index >= 15 is 0 Å². The molecule has 4 heteroatoms. The van der Waals surface area contributed by atoms with Crippen molar-refractivity contribution < 1.29 is 9.59 Å². The highest BCUT2D eigenvalue weighted by molar-refractivity contribution is 5.94. The molecule has 0 radical (unpaired) electrons. The van der Waals surface area contributed by atoms with Crippen LogP contribution in [0.25, 0.3) is 0 Å². The minimum Gasteiger partial charge on any atom is -0.366 e. The maximum Gasteiger partial charge on any atom is 0.248 e. The number of carbonyl (C=O) groups is 2. The number of amides is 2. The first kappa shape index (κ1) is 12.6. The van der Waals surface area contributed by atoms with Gasteiger partial charge >= 0.3 is 0 Å². The van der Waals surface area contributed by atoms with E-state index in [2.05, 4.69) is 0 Å². The van der Waals surface area contributed by atoms with Crippen LogP contribution >= 0.6 is 0 Å². The molecule has 96 valence electrons. The van der Waals surface area contributed by atoms with Crippen LogP contribution < -0.4 is 5.73 Å². The first-order chi connectivity index (χ1) is 8.68. The SMILES string of the molecule is NC(=O)c1ccccc1CCN1CCCCC1=O. The van der Waals surface area contributed by atoms with Crippen LogP contribution in [0, 0.1) is 0 Å². The monoisotopic (exact) mass is 246 g/mol. The van der Waals surface area contributed by atoms with Gasteiger partial charge in [0.25, 0.3) is 0 Å². The largest absolute Gasteiger partial charge is 0.366 e. The minimum atomic E-state index is -0.407. The second kappa shape index (κ2) is 5.67. The lowest BCUT2D eigenvalue weighted by atomic mass is 10.0. The summed E-state index contributed by atoms with van der Waals surface area (Å²) in [5.74, 6) is -0.187. The molecule has 0 saturated carbocycles. The third-order valence-electron chi connectivity index (χ3n) is 3.36. The summed E-state index contributed by atoms with van der Waals surface area (Å²) in [5.41, 5.74) is 6.81. The lowest BCUT2D eigenvalue weighted by molar-refractivity contribution is -0.133. The Morgan fingerprint density at radius 1 is 1.28 bits per heavy atom.